The Balaban J connectivity index is 1.49. The predicted octanol–water partition coefficient (Wildman–Crippen LogP) is 3.70. The molecule has 5 rings (SSSR count). The zero-order valence-corrected chi connectivity index (χ0v) is 20.2. The molecule has 2 fully saturated rings. The van der Waals surface area contributed by atoms with Crippen LogP contribution in [0.4, 0.5) is 5.82 Å². The number of hydrogen-bond donors (Lipinski definition) is 0. The summed E-state index contributed by atoms with van der Waals surface area (Å²) < 4.78 is 8.28. The second kappa shape index (κ2) is 9.79. The summed E-state index contributed by atoms with van der Waals surface area (Å²) in [6, 6.07) is 11.1. The van der Waals surface area contributed by atoms with Crippen LogP contribution in [0.2, 0.25) is 0 Å². The van der Waals surface area contributed by atoms with Gasteiger partial charge in [0.25, 0.3) is 0 Å². The molecular weight excluding hydrogens is 412 g/mol. The summed E-state index contributed by atoms with van der Waals surface area (Å²) >= 11 is 0. The maximum atomic E-state index is 6.00. The number of nitrogens with zero attached hydrogens (tertiary/aromatic N) is 6. The van der Waals surface area contributed by atoms with Gasteiger partial charge in [0.05, 0.1) is 30.1 Å². The summed E-state index contributed by atoms with van der Waals surface area (Å²) in [4.78, 5) is 17.3. The van der Waals surface area contributed by atoms with E-state index in [1.54, 1.807) is 0 Å². The average Bonchev–Trinajstić information content (AvgIpc) is 3.48. The number of anilines is 1. The fourth-order valence-electron chi connectivity index (χ4n) is 5.35. The number of aryl methyl sites for hydroxylation is 1. The van der Waals surface area contributed by atoms with Crippen LogP contribution in [-0.4, -0.2) is 77.2 Å². The molecule has 5 heterocycles. The van der Waals surface area contributed by atoms with Crippen molar-refractivity contribution in [1.29, 1.82) is 0 Å². The van der Waals surface area contributed by atoms with Gasteiger partial charge in [-0.05, 0) is 64.0 Å². The summed E-state index contributed by atoms with van der Waals surface area (Å²) in [5.74, 6) is 1.23. The van der Waals surface area contributed by atoms with Gasteiger partial charge in [0.2, 0.25) is 0 Å². The Bertz CT molecular complexity index is 1070. The number of likely N-dealkylation sites (N-methyl/N-ethyl adjacent to an activating group) is 1. The number of fused-ring (bicyclic) bond motifs is 1. The Labute approximate surface area is 197 Å². The molecule has 3 aromatic heterocycles. The quantitative estimate of drug-likeness (QED) is 0.549. The van der Waals surface area contributed by atoms with E-state index in [9.17, 15) is 0 Å². The molecule has 0 radical (unpaired) electrons. The molecule has 0 aliphatic carbocycles. The first-order valence-electron chi connectivity index (χ1n) is 12.3. The van der Waals surface area contributed by atoms with Crippen LogP contribution in [0.3, 0.4) is 0 Å². The molecule has 176 valence electrons. The molecule has 0 bridgehead atoms. The highest BCUT2D eigenvalue weighted by atomic mass is 16.5. The highest BCUT2D eigenvalue weighted by molar-refractivity contribution is 5.53. The molecule has 33 heavy (non-hydrogen) atoms. The van der Waals surface area contributed by atoms with Crippen molar-refractivity contribution in [3.05, 3.63) is 59.7 Å². The van der Waals surface area contributed by atoms with E-state index in [1.807, 2.05) is 12.3 Å². The maximum absolute atomic E-state index is 6.00. The molecule has 2 atom stereocenters. The third-order valence-corrected chi connectivity index (χ3v) is 7.20. The summed E-state index contributed by atoms with van der Waals surface area (Å²) in [7, 11) is 2.20. The van der Waals surface area contributed by atoms with E-state index >= 15 is 0 Å². The van der Waals surface area contributed by atoms with Crippen LogP contribution >= 0.6 is 0 Å². The minimum Gasteiger partial charge on any atom is -0.380 e. The molecule has 7 heteroatoms. The van der Waals surface area contributed by atoms with E-state index in [-0.39, 0.29) is 6.04 Å². The van der Waals surface area contributed by atoms with Gasteiger partial charge >= 0.3 is 0 Å². The van der Waals surface area contributed by atoms with Gasteiger partial charge in [-0.3, -0.25) is 14.3 Å². The van der Waals surface area contributed by atoms with E-state index in [0.717, 1.165) is 50.5 Å². The third-order valence-electron chi connectivity index (χ3n) is 7.20. The predicted molar refractivity (Wildman–Crippen MR) is 132 cm³/mol. The topological polar surface area (TPSA) is 49.1 Å². The van der Waals surface area contributed by atoms with E-state index in [2.05, 4.69) is 70.5 Å². The number of piperazine rings is 1. The zero-order chi connectivity index (χ0) is 22.8. The number of hydrogen-bond acceptors (Lipinski definition) is 6. The van der Waals surface area contributed by atoms with Gasteiger partial charge in [0, 0.05) is 45.2 Å². The lowest BCUT2D eigenvalue weighted by molar-refractivity contribution is 0.0558. The van der Waals surface area contributed by atoms with Crippen LogP contribution in [0, 0.1) is 6.92 Å². The van der Waals surface area contributed by atoms with Gasteiger partial charge in [-0.15, -0.1) is 0 Å². The van der Waals surface area contributed by atoms with Gasteiger partial charge in [-0.1, -0.05) is 12.1 Å². The van der Waals surface area contributed by atoms with Crippen LogP contribution in [0.25, 0.3) is 5.65 Å². The maximum Gasteiger partial charge on any atom is 0.138 e. The molecule has 3 aromatic rings. The number of aromatic nitrogens is 3. The van der Waals surface area contributed by atoms with Crippen molar-refractivity contribution in [2.75, 3.05) is 57.9 Å². The normalized spacial score (nSPS) is 21.2. The first-order valence-corrected chi connectivity index (χ1v) is 12.3. The van der Waals surface area contributed by atoms with Crippen molar-refractivity contribution in [2.24, 2.45) is 0 Å². The summed E-state index contributed by atoms with van der Waals surface area (Å²) in [6.45, 7) is 10.9. The molecule has 0 amide bonds. The second-order valence-electron chi connectivity index (χ2n) is 9.34. The molecular formula is C26H36N6O. The van der Waals surface area contributed by atoms with Gasteiger partial charge < -0.3 is 14.5 Å². The standard InChI is InChI=1S/C26H36N6O/c1-4-33-19-23(31-13-7-9-22(31)26-20(2)8-6-12-27-26)21-18-32-24(28-21)10-5-11-25(32)30-16-14-29(3)15-17-30/h5-6,8,10-12,18,22-23H,4,7,9,13-17,19H2,1-3H3. The lowest BCUT2D eigenvalue weighted by atomic mass is 10.0. The minimum absolute atomic E-state index is 0.110. The Morgan fingerprint density at radius 2 is 1.94 bits per heavy atom. The van der Waals surface area contributed by atoms with E-state index in [4.69, 9.17) is 14.7 Å². The van der Waals surface area contributed by atoms with E-state index in [0.29, 0.717) is 19.3 Å². The molecule has 2 saturated heterocycles. The highest BCUT2D eigenvalue weighted by Crippen LogP contribution is 2.39. The highest BCUT2D eigenvalue weighted by Gasteiger charge is 2.35. The van der Waals surface area contributed by atoms with Crippen LogP contribution in [0.15, 0.2) is 42.7 Å². The van der Waals surface area contributed by atoms with Gasteiger partial charge in [-0.2, -0.15) is 0 Å². The number of rotatable bonds is 7. The molecule has 0 saturated carbocycles. The van der Waals surface area contributed by atoms with Crippen molar-refractivity contribution in [3.63, 3.8) is 0 Å². The van der Waals surface area contributed by atoms with E-state index in [1.165, 1.54) is 23.5 Å². The molecule has 0 aromatic carbocycles. The Hall–Kier alpha value is -2.48. The fraction of sp³-hybridized carbons (Fsp3) is 0.538. The number of likely N-dealkylation sites (tertiary alicyclic amines) is 1. The minimum atomic E-state index is 0.110. The van der Waals surface area contributed by atoms with Crippen LogP contribution in [0.1, 0.15) is 48.8 Å². The molecule has 0 N–H and O–H groups in total. The van der Waals surface area contributed by atoms with Crippen molar-refractivity contribution >= 4 is 11.5 Å². The zero-order valence-electron chi connectivity index (χ0n) is 20.2. The number of imidazole rings is 1. The van der Waals surface area contributed by atoms with Crippen molar-refractivity contribution in [3.8, 4) is 0 Å². The summed E-state index contributed by atoms with van der Waals surface area (Å²) in [5, 5.41) is 0. The Kier molecular flexibility index (Phi) is 6.62. The Morgan fingerprint density at radius 3 is 2.73 bits per heavy atom. The number of ether oxygens (including phenoxy) is 1. The lowest BCUT2D eigenvalue weighted by Gasteiger charge is -2.34. The lowest BCUT2D eigenvalue weighted by Crippen LogP contribution is -2.45. The molecule has 7 nitrogen and oxygen atoms in total. The van der Waals surface area contributed by atoms with Crippen molar-refractivity contribution in [2.45, 2.75) is 38.8 Å². The molecule has 2 aliphatic rings. The number of pyridine rings is 2. The Morgan fingerprint density at radius 1 is 1.09 bits per heavy atom. The molecule has 2 unspecified atom stereocenters. The third kappa shape index (κ3) is 4.50. The smallest absolute Gasteiger partial charge is 0.138 e. The van der Waals surface area contributed by atoms with Gasteiger partial charge in [0.15, 0.2) is 0 Å². The van der Waals surface area contributed by atoms with E-state index < -0.39 is 0 Å². The van der Waals surface area contributed by atoms with Crippen LogP contribution in [-0.2, 0) is 4.74 Å². The fourth-order valence-corrected chi connectivity index (χ4v) is 5.35. The van der Waals surface area contributed by atoms with Gasteiger partial charge in [-0.25, -0.2) is 4.98 Å². The molecule has 2 aliphatic heterocycles. The monoisotopic (exact) mass is 448 g/mol. The average molecular weight is 449 g/mol. The summed E-state index contributed by atoms with van der Waals surface area (Å²) in [5.41, 5.74) is 4.55. The molecule has 0 spiro atoms. The first-order chi connectivity index (χ1) is 16.2. The van der Waals surface area contributed by atoms with Crippen molar-refractivity contribution < 1.29 is 4.74 Å². The summed E-state index contributed by atoms with van der Waals surface area (Å²) in [6.07, 6.45) is 6.46. The van der Waals surface area contributed by atoms with Crippen molar-refractivity contribution in [1.82, 2.24) is 24.2 Å². The van der Waals surface area contributed by atoms with Gasteiger partial charge in [0.1, 0.15) is 11.5 Å². The second-order valence-corrected chi connectivity index (χ2v) is 9.34. The largest absolute Gasteiger partial charge is 0.380 e. The SMILES string of the molecule is CCOCC(c1cn2c(N3CCN(C)CC3)cccc2n1)N1CCCC1c1ncccc1C. The van der Waals surface area contributed by atoms with Crippen LogP contribution < -0.4 is 4.90 Å². The first kappa shape index (κ1) is 22.3. The van der Waals surface area contributed by atoms with Crippen LogP contribution in [0.5, 0.6) is 0 Å².